The van der Waals surface area contributed by atoms with Gasteiger partial charge in [0, 0.05) is 57.0 Å². The van der Waals surface area contributed by atoms with Gasteiger partial charge in [-0.15, -0.1) is 0 Å². The highest BCUT2D eigenvalue weighted by molar-refractivity contribution is 5.76. The summed E-state index contributed by atoms with van der Waals surface area (Å²) in [5.74, 6) is 1.59. The molecule has 6 rings (SSSR count). The van der Waals surface area contributed by atoms with Crippen molar-refractivity contribution >= 4 is 5.97 Å². The fraction of sp³-hybridized carbons (Fsp3) is 0.667. The molecule has 0 amide bonds. The molecular formula is C27H36N2O5. The molecule has 5 aliphatic rings. The van der Waals surface area contributed by atoms with Gasteiger partial charge >= 0.3 is 5.97 Å². The lowest BCUT2D eigenvalue weighted by Gasteiger charge is -2.52. The number of hydrogen-bond donors (Lipinski definition) is 1. The first-order chi connectivity index (χ1) is 16.4. The van der Waals surface area contributed by atoms with Crippen molar-refractivity contribution in [2.45, 2.75) is 51.9 Å². The predicted octanol–water partition coefficient (Wildman–Crippen LogP) is 2.82. The number of carbonyl (C=O) groups is 1. The average Bonchev–Trinajstić information content (AvgIpc) is 3.41. The van der Waals surface area contributed by atoms with Gasteiger partial charge in [0.25, 0.3) is 0 Å². The highest BCUT2D eigenvalue weighted by Crippen LogP contribution is 2.56. The summed E-state index contributed by atoms with van der Waals surface area (Å²) in [5.41, 5.74) is 2.28. The van der Waals surface area contributed by atoms with E-state index in [9.17, 15) is 9.90 Å². The van der Waals surface area contributed by atoms with Gasteiger partial charge in [0.2, 0.25) is 6.79 Å². The van der Waals surface area contributed by atoms with Gasteiger partial charge in [-0.2, -0.15) is 0 Å². The highest BCUT2D eigenvalue weighted by Gasteiger charge is 2.59. The molecule has 0 aromatic heterocycles. The van der Waals surface area contributed by atoms with E-state index < -0.39 is 6.10 Å². The maximum absolute atomic E-state index is 12.9. The van der Waals surface area contributed by atoms with E-state index in [4.69, 9.17) is 14.2 Å². The summed E-state index contributed by atoms with van der Waals surface area (Å²) in [6.45, 7) is 10.1. The molecule has 1 N–H and O–H groups in total. The van der Waals surface area contributed by atoms with Crippen LogP contribution in [0.15, 0.2) is 29.8 Å². The molecule has 1 aromatic rings. The van der Waals surface area contributed by atoms with Crippen LogP contribution in [0.25, 0.3) is 0 Å². The van der Waals surface area contributed by atoms with E-state index in [0.29, 0.717) is 19.3 Å². The summed E-state index contributed by atoms with van der Waals surface area (Å²) in [5, 5.41) is 11.6. The van der Waals surface area contributed by atoms with Gasteiger partial charge in [-0.3, -0.25) is 14.6 Å². The highest BCUT2D eigenvalue weighted by atomic mass is 16.7. The molecule has 0 unspecified atom stereocenters. The molecule has 1 saturated carbocycles. The number of nitrogens with zero attached hydrogens (tertiary/aromatic N) is 2. The van der Waals surface area contributed by atoms with Gasteiger partial charge < -0.3 is 19.3 Å². The molecular weight excluding hydrogens is 432 g/mol. The number of ether oxygens (including phenoxy) is 3. The number of benzene rings is 1. The van der Waals surface area contributed by atoms with Crippen LogP contribution in [0.3, 0.4) is 0 Å². The van der Waals surface area contributed by atoms with Crippen LogP contribution in [-0.2, 0) is 16.1 Å². The van der Waals surface area contributed by atoms with Crippen molar-refractivity contribution in [3.05, 3.63) is 35.4 Å². The number of fused-ring (bicyclic) bond motifs is 3. The van der Waals surface area contributed by atoms with Gasteiger partial charge in [0.1, 0.15) is 6.10 Å². The zero-order chi connectivity index (χ0) is 23.4. The average molecular weight is 469 g/mol. The smallest absolute Gasteiger partial charge is 0.311 e. The maximum atomic E-state index is 12.9. The van der Waals surface area contributed by atoms with Crippen molar-refractivity contribution in [2.75, 3.05) is 39.5 Å². The largest absolute Gasteiger partial charge is 0.461 e. The fourth-order valence-electron chi connectivity index (χ4n) is 6.98. The van der Waals surface area contributed by atoms with E-state index in [-0.39, 0.29) is 29.3 Å². The van der Waals surface area contributed by atoms with E-state index in [2.05, 4.69) is 41.9 Å². The molecule has 2 saturated heterocycles. The Kier molecular flexibility index (Phi) is 5.62. The standard InChI is InChI=1S/C27H36N2O5/c1-17-4-3-5-19-13-23-24(25(30)27(17,19)2)20(26(31)34-23)15-29-10-8-28(9-11-29)14-18-6-7-21-22(12-18)33-16-32-21/h5-7,12,17,20,23-25,30H,3-4,8-11,13-16H2,1-2H3/t17-,20+,23+,24-,25-,27+/m0/s1. The van der Waals surface area contributed by atoms with Crippen LogP contribution in [-0.4, -0.2) is 72.6 Å². The SMILES string of the molecule is C[C@H]1CCC=C2C[C@H]3OC(=O)[C@H](CN4CCN(Cc5ccc6c(c5)OCO6)CC4)[C@@H]3[C@H](O)[C@@]21C. The molecule has 1 aromatic carbocycles. The summed E-state index contributed by atoms with van der Waals surface area (Å²) in [4.78, 5) is 17.8. The number of esters is 1. The van der Waals surface area contributed by atoms with Crippen LogP contribution in [0, 0.1) is 23.2 Å². The molecule has 0 spiro atoms. The summed E-state index contributed by atoms with van der Waals surface area (Å²) >= 11 is 0. The predicted molar refractivity (Wildman–Crippen MR) is 126 cm³/mol. The molecule has 184 valence electrons. The van der Waals surface area contributed by atoms with Gasteiger partial charge in [-0.25, -0.2) is 0 Å². The van der Waals surface area contributed by atoms with E-state index in [1.54, 1.807) is 0 Å². The summed E-state index contributed by atoms with van der Waals surface area (Å²) in [7, 11) is 0. The minimum absolute atomic E-state index is 0.109. The normalized spacial score (nSPS) is 37.7. The molecule has 3 fully saturated rings. The second-order valence-electron chi connectivity index (χ2n) is 11.1. The van der Waals surface area contributed by atoms with Crippen molar-refractivity contribution in [2.24, 2.45) is 23.2 Å². The Hall–Kier alpha value is -2.09. The van der Waals surface area contributed by atoms with Gasteiger partial charge in [-0.1, -0.05) is 31.6 Å². The zero-order valence-electron chi connectivity index (χ0n) is 20.2. The topological polar surface area (TPSA) is 71.5 Å². The Morgan fingerprint density at radius 2 is 1.88 bits per heavy atom. The number of carbonyl (C=O) groups excluding carboxylic acids is 1. The van der Waals surface area contributed by atoms with E-state index >= 15 is 0 Å². The van der Waals surface area contributed by atoms with Crippen LogP contribution in [0.1, 0.15) is 38.7 Å². The molecule has 3 heterocycles. The Bertz CT molecular complexity index is 987. The number of rotatable bonds is 4. The number of aliphatic hydroxyl groups excluding tert-OH is 1. The maximum Gasteiger partial charge on any atom is 0.311 e. The molecule has 3 aliphatic heterocycles. The van der Waals surface area contributed by atoms with E-state index in [1.165, 1.54) is 11.1 Å². The molecule has 7 heteroatoms. The molecule has 34 heavy (non-hydrogen) atoms. The lowest BCUT2D eigenvalue weighted by molar-refractivity contribution is -0.145. The van der Waals surface area contributed by atoms with Gasteiger partial charge in [0.05, 0.1) is 12.0 Å². The molecule has 7 nitrogen and oxygen atoms in total. The fourth-order valence-corrected chi connectivity index (χ4v) is 6.98. The van der Waals surface area contributed by atoms with Crippen LogP contribution in [0.5, 0.6) is 11.5 Å². The first-order valence-electron chi connectivity index (χ1n) is 12.8. The Morgan fingerprint density at radius 1 is 1.12 bits per heavy atom. The minimum atomic E-state index is -0.531. The number of hydrogen-bond acceptors (Lipinski definition) is 7. The van der Waals surface area contributed by atoms with Crippen LogP contribution >= 0.6 is 0 Å². The quantitative estimate of drug-likeness (QED) is 0.538. The molecule has 6 atom stereocenters. The second kappa shape index (κ2) is 8.54. The van der Waals surface area contributed by atoms with E-state index in [1.807, 2.05) is 6.07 Å². The first-order valence-corrected chi connectivity index (χ1v) is 12.8. The number of aliphatic hydroxyl groups is 1. The van der Waals surface area contributed by atoms with E-state index in [0.717, 1.165) is 63.5 Å². The van der Waals surface area contributed by atoms with Crippen molar-refractivity contribution in [3.8, 4) is 11.5 Å². The molecule has 0 bridgehead atoms. The van der Waals surface area contributed by atoms with Crippen LogP contribution in [0.2, 0.25) is 0 Å². The van der Waals surface area contributed by atoms with Gasteiger partial charge in [0.15, 0.2) is 11.5 Å². The molecule has 2 aliphatic carbocycles. The Labute approximate surface area is 201 Å². The number of allylic oxidation sites excluding steroid dienone is 1. The van der Waals surface area contributed by atoms with Gasteiger partial charge in [-0.05, 0) is 36.5 Å². The lowest BCUT2D eigenvalue weighted by Crippen LogP contribution is -2.55. The molecule has 0 radical (unpaired) electrons. The van der Waals surface area contributed by atoms with Crippen molar-refractivity contribution in [3.63, 3.8) is 0 Å². The van der Waals surface area contributed by atoms with Crippen molar-refractivity contribution in [1.82, 2.24) is 9.80 Å². The summed E-state index contributed by atoms with van der Waals surface area (Å²) in [6.07, 6.45) is 4.53. The Morgan fingerprint density at radius 3 is 2.71 bits per heavy atom. The third kappa shape index (κ3) is 3.64. The third-order valence-corrected chi connectivity index (χ3v) is 9.33. The zero-order valence-corrected chi connectivity index (χ0v) is 20.2. The minimum Gasteiger partial charge on any atom is -0.461 e. The van der Waals surface area contributed by atoms with Crippen LogP contribution in [0.4, 0.5) is 0 Å². The second-order valence-corrected chi connectivity index (χ2v) is 11.1. The number of piperazine rings is 1. The summed E-state index contributed by atoms with van der Waals surface area (Å²) in [6, 6.07) is 6.16. The first kappa shape index (κ1) is 22.4. The monoisotopic (exact) mass is 468 g/mol. The Balaban J connectivity index is 1.09. The van der Waals surface area contributed by atoms with Crippen molar-refractivity contribution < 1.29 is 24.1 Å². The van der Waals surface area contributed by atoms with Crippen molar-refractivity contribution in [1.29, 1.82) is 0 Å². The summed E-state index contributed by atoms with van der Waals surface area (Å²) < 4.78 is 16.8. The lowest BCUT2D eigenvalue weighted by atomic mass is 9.55. The third-order valence-electron chi connectivity index (χ3n) is 9.33. The van der Waals surface area contributed by atoms with Crippen LogP contribution < -0.4 is 9.47 Å².